The summed E-state index contributed by atoms with van der Waals surface area (Å²) in [4.78, 5) is 26.0. The summed E-state index contributed by atoms with van der Waals surface area (Å²) in [5, 5.41) is 5.47. The second-order valence-corrected chi connectivity index (χ2v) is 11.5. The minimum Gasteiger partial charge on any atom is -0.340 e. The van der Waals surface area contributed by atoms with Crippen molar-refractivity contribution in [3.05, 3.63) is 95.8 Å². The van der Waals surface area contributed by atoms with Crippen molar-refractivity contribution in [1.82, 2.24) is 5.32 Å². The van der Waals surface area contributed by atoms with Crippen molar-refractivity contribution in [2.24, 2.45) is 5.41 Å². The Kier molecular flexibility index (Phi) is 8.07. The molecule has 0 aromatic heterocycles. The van der Waals surface area contributed by atoms with E-state index >= 15 is 0 Å². The summed E-state index contributed by atoms with van der Waals surface area (Å²) >= 11 is 0. The van der Waals surface area contributed by atoms with Crippen LogP contribution in [0.5, 0.6) is 0 Å². The third kappa shape index (κ3) is 7.75. The highest BCUT2D eigenvalue weighted by molar-refractivity contribution is 7.91. The van der Waals surface area contributed by atoms with Gasteiger partial charge in [0.2, 0.25) is 5.91 Å². The predicted octanol–water partition coefficient (Wildman–Crippen LogP) is 4.63. The van der Waals surface area contributed by atoms with Crippen molar-refractivity contribution in [3.8, 4) is 0 Å². The zero-order chi connectivity index (χ0) is 25.6. The molecule has 0 radical (unpaired) electrons. The molecule has 8 heteroatoms. The van der Waals surface area contributed by atoms with Gasteiger partial charge >= 0.3 is 0 Å². The van der Waals surface area contributed by atoms with Gasteiger partial charge in [0.05, 0.1) is 10.6 Å². The lowest BCUT2D eigenvalue weighted by Crippen LogP contribution is -2.45. The van der Waals surface area contributed by atoms with E-state index in [4.69, 9.17) is 0 Å². The number of sulfone groups is 1. The largest absolute Gasteiger partial charge is 0.340 e. The predicted molar refractivity (Wildman–Crippen MR) is 134 cm³/mol. The smallest absolute Gasteiger partial charge is 0.251 e. The summed E-state index contributed by atoms with van der Waals surface area (Å²) in [6.45, 7) is 5.55. The Morgan fingerprint density at radius 2 is 1.49 bits per heavy atom. The van der Waals surface area contributed by atoms with Gasteiger partial charge in [0.25, 0.3) is 5.91 Å². The number of anilines is 1. The van der Waals surface area contributed by atoms with Crippen LogP contribution in [0.3, 0.4) is 0 Å². The average Bonchev–Trinajstić information content (AvgIpc) is 2.79. The van der Waals surface area contributed by atoms with Gasteiger partial charge in [-0.2, -0.15) is 0 Å². The molecule has 0 aliphatic heterocycles. The number of hydrogen-bond donors (Lipinski definition) is 2. The maximum Gasteiger partial charge on any atom is 0.251 e. The number of amides is 2. The van der Waals surface area contributed by atoms with Crippen LogP contribution in [0.1, 0.15) is 36.7 Å². The maximum atomic E-state index is 13.3. The van der Waals surface area contributed by atoms with E-state index in [1.54, 1.807) is 42.5 Å². The number of hydrogen-bond acceptors (Lipinski definition) is 4. The Morgan fingerprint density at radius 1 is 0.886 bits per heavy atom. The summed E-state index contributed by atoms with van der Waals surface area (Å²) < 4.78 is 38.5. The monoisotopic (exact) mass is 496 g/mol. The van der Waals surface area contributed by atoms with Crippen LogP contribution < -0.4 is 10.6 Å². The molecule has 0 saturated heterocycles. The van der Waals surface area contributed by atoms with E-state index in [1.165, 1.54) is 36.4 Å². The number of nitrogens with one attached hydrogen (secondary N) is 2. The van der Waals surface area contributed by atoms with E-state index in [2.05, 4.69) is 10.6 Å². The van der Waals surface area contributed by atoms with Crippen LogP contribution >= 0.6 is 0 Å². The second kappa shape index (κ2) is 10.8. The molecule has 0 aliphatic carbocycles. The third-order valence-corrected chi connectivity index (χ3v) is 7.35. The number of benzene rings is 3. The number of halogens is 1. The molecule has 2 N–H and O–H groups in total. The summed E-state index contributed by atoms with van der Waals surface area (Å²) in [6.07, 6.45) is 0.142. The van der Waals surface area contributed by atoms with E-state index in [0.717, 1.165) is 0 Å². The highest BCUT2D eigenvalue weighted by Crippen LogP contribution is 2.23. The Hall–Kier alpha value is -3.52. The molecule has 3 aromatic rings. The molecule has 184 valence electrons. The first-order chi connectivity index (χ1) is 16.4. The van der Waals surface area contributed by atoms with Gasteiger partial charge in [-0.3, -0.25) is 9.59 Å². The fraction of sp³-hybridized carbons (Fsp3) is 0.259. The fourth-order valence-corrected chi connectivity index (χ4v) is 5.38. The van der Waals surface area contributed by atoms with Crippen LogP contribution in [0.15, 0.2) is 83.8 Å². The van der Waals surface area contributed by atoms with Gasteiger partial charge in [0.1, 0.15) is 11.9 Å². The highest BCUT2D eigenvalue weighted by atomic mass is 32.2. The van der Waals surface area contributed by atoms with Crippen LogP contribution in [0.2, 0.25) is 0 Å². The molecule has 2 amide bonds. The lowest BCUT2D eigenvalue weighted by atomic mass is 10.0. The molecule has 0 aliphatic rings. The average molecular weight is 497 g/mol. The standard InChI is InChI=1S/C27H29FN2O4S/c1-27(2,3)18-35(33,34)23-15-13-22(14-16-23)29-26(32)24(17-19-9-11-21(28)12-10-19)30-25(31)20-7-5-4-6-8-20/h4-16,24H,17-18H2,1-3H3,(H,29,32)(H,30,31)/t24-/m0/s1. The summed E-state index contributed by atoms with van der Waals surface area (Å²) in [7, 11) is -3.47. The zero-order valence-electron chi connectivity index (χ0n) is 19.9. The van der Waals surface area contributed by atoms with E-state index in [-0.39, 0.29) is 17.1 Å². The summed E-state index contributed by atoms with van der Waals surface area (Å²) in [6, 6.07) is 19.2. The number of carbonyl (C=O) groups is 2. The summed E-state index contributed by atoms with van der Waals surface area (Å²) in [5.74, 6) is -1.30. The molecule has 0 bridgehead atoms. The van der Waals surface area contributed by atoms with Gasteiger partial charge in [0, 0.05) is 17.7 Å². The Labute approximate surface area is 205 Å². The van der Waals surface area contributed by atoms with Crippen LogP contribution in [0.4, 0.5) is 10.1 Å². The minimum atomic E-state index is -3.47. The molecule has 6 nitrogen and oxygen atoms in total. The van der Waals surface area contributed by atoms with Crippen molar-refractivity contribution in [2.75, 3.05) is 11.1 Å². The van der Waals surface area contributed by atoms with Gasteiger partial charge in [-0.15, -0.1) is 0 Å². The van der Waals surface area contributed by atoms with Crippen LogP contribution in [0.25, 0.3) is 0 Å². The molecule has 0 heterocycles. The number of carbonyl (C=O) groups excluding carboxylic acids is 2. The minimum absolute atomic E-state index is 0.00301. The number of rotatable bonds is 8. The Balaban J connectivity index is 1.77. The van der Waals surface area contributed by atoms with Crippen LogP contribution in [-0.2, 0) is 21.1 Å². The zero-order valence-corrected chi connectivity index (χ0v) is 20.7. The SMILES string of the molecule is CC(C)(C)CS(=O)(=O)c1ccc(NC(=O)[C@H](Cc2ccc(F)cc2)NC(=O)c2ccccc2)cc1. The first-order valence-corrected chi connectivity index (χ1v) is 12.8. The molecule has 1 atom stereocenters. The lowest BCUT2D eigenvalue weighted by molar-refractivity contribution is -0.118. The second-order valence-electron chi connectivity index (χ2n) is 9.56. The van der Waals surface area contributed by atoms with Crippen molar-refractivity contribution in [1.29, 1.82) is 0 Å². The maximum absolute atomic E-state index is 13.3. The van der Waals surface area contributed by atoms with Gasteiger partial charge in [0.15, 0.2) is 9.84 Å². The van der Waals surface area contributed by atoms with Gasteiger partial charge in [-0.25, -0.2) is 12.8 Å². The Morgan fingerprint density at radius 3 is 2.06 bits per heavy atom. The van der Waals surface area contributed by atoms with Gasteiger partial charge in [-0.05, 0) is 59.5 Å². The molecular formula is C27H29FN2O4S. The summed E-state index contributed by atoms with van der Waals surface area (Å²) in [5.41, 5.74) is 1.07. The molecule has 35 heavy (non-hydrogen) atoms. The Bertz CT molecular complexity index is 1270. The van der Waals surface area contributed by atoms with Crippen LogP contribution in [-0.4, -0.2) is 32.0 Å². The van der Waals surface area contributed by atoms with E-state index in [0.29, 0.717) is 16.8 Å². The normalized spacial score (nSPS) is 12.6. The first kappa shape index (κ1) is 26.1. The molecule has 3 aromatic carbocycles. The van der Waals surface area contributed by atoms with Gasteiger partial charge < -0.3 is 10.6 Å². The first-order valence-electron chi connectivity index (χ1n) is 11.2. The van der Waals surface area contributed by atoms with E-state index in [9.17, 15) is 22.4 Å². The van der Waals surface area contributed by atoms with Crippen molar-refractivity contribution in [2.45, 2.75) is 38.1 Å². The fourth-order valence-electron chi connectivity index (χ4n) is 3.52. The molecule has 0 unspecified atom stereocenters. The molecular weight excluding hydrogens is 467 g/mol. The highest BCUT2D eigenvalue weighted by Gasteiger charge is 2.25. The van der Waals surface area contributed by atoms with Crippen molar-refractivity contribution < 1.29 is 22.4 Å². The molecule has 0 fully saturated rings. The quantitative estimate of drug-likeness (QED) is 0.476. The molecule has 0 saturated carbocycles. The molecule has 3 rings (SSSR count). The molecule has 0 spiro atoms. The third-order valence-electron chi connectivity index (χ3n) is 5.11. The van der Waals surface area contributed by atoms with Gasteiger partial charge in [-0.1, -0.05) is 51.1 Å². The van der Waals surface area contributed by atoms with Crippen molar-refractivity contribution in [3.63, 3.8) is 0 Å². The van der Waals surface area contributed by atoms with E-state index < -0.39 is 38.9 Å². The lowest BCUT2D eigenvalue weighted by Gasteiger charge is -2.20. The van der Waals surface area contributed by atoms with E-state index in [1.807, 2.05) is 20.8 Å². The topological polar surface area (TPSA) is 92.3 Å². The van der Waals surface area contributed by atoms with Crippen LogP contribution in [0, 0.1) is 11.2 Å². The van der Waals surface area contributed by atoms with Crippen molar-refractivity contribution >= 4 is 27.3 Å².